The first kappa shape index (κ1) is 14.4. The molecular weight excluding hydrogens is 238 g/mol. The smallest absolute Gasteiger partial charge is 0.313 e. The highest BCUT2D eigenvalue weighted by atomic mass is 32.2. The predicted octanol–water partition coefficient (Wildman–Crippen LogP) is 1.75. The van der Waals surface area contributed by atoms with Gasteiger partial charge in [0.2, 0.25) is 5.91 Å². The maximum Gasteiger partial charge on any atom is 0.313 e. The normalized spacial score (nSPS) is 28.7. The van der Waals surface area contributed by atoms with Crippen LogP contribution in [0.4, 0.5) is 0 Å². The van der Waals surface area contributed by atoms with Crippen molar-refractivity contribution in [3.8, 4) is 0 Å². The van der Waals surface area contributed by atoms with Crippen LogP contribution in [0.2, 0.25) is 0 Å². The number of carboxylic acid groups (broad SMARTS) is 1. The summed E-state index contributed by atoms with van der Waals surface area (Å²) in [5.41, 5.74) is 0. The lowest BCUT2D eigenvalue weighted by atomic mass is 9.78. The Morgan fingerprint density at radius 1 is 1.29 bits per heavy atom. The minimum Gasteiger partial charge on any atom is -0.481 e. The second-order valence-electron chi connectivity index (χ2n) is 4.83. The number of thioether (sulfide) groups is 1. The zero-order valence-corrected chi connectivity index (χ0v) is 11.3. The van der Waals surface area contributed by atoms with Crippen LogP contribution in [0.3, 0.4) is 0 Å². The molecule has 5 heteroatoms. The monoisotopic (exact) mass is 259 g/mol. The van der Waals surface area contributed by atoms with Gasteiger partial charge in [0.15, 0.2) is 0 Å². The van der Waals surface area contributed by atoms with Crippen molar-refractivity contribution in [1.29, 1.82) is 0 Å². The first-order valence-corrected chi connectivity index (χ1v) is 7.25. The highest BCUT2D eigenvalue weighted by Crippen LogP contribution is 2.29. The molecule has 0 aromatic rings. The van der Waals surface area contributed by atoms with Crippen LogP contribution in [0.1, 0.15) is 33.1 Å². The Kier molecular flexibility index (Phi) is 5.82. The van der Waals surface area contributed by atoms with E-state index in [0.717, 1.165) is 18.2 Å². The molecule has 1 aliphatic rings. The summed E-state index contributed by atoms with van der Waals surface area (Å²) in [7, 11) is 0. The van der Waals surface area contributed by atoms with Gasteiger partial charge in [-0.1, -0.05) is 26.7 Å². The summed E-state index contributed by atoms with van der Waals surface area (Å²) in [6.45, 7) is 4.40. The van der Waals surface area contributed by atoms with E-state index in [2.05, 4.69) is 19.2 Å². The van der Waals surface area contributed by atoms with E-state index in [1.165, 1.54) is 12.8 Å². The molecule has 0 bridgehead atoms. The van der Waals surface area contributed by atoms with Crippen LogP contribution in [0.25, 0.3) is 0 Å². The molecule has 1 saturated carbocycles. The fourth-order valence-corrected chi connectivity index (χ4v) is 2.81. The zero-order chi connectivity index (χ0) is 12.8. The van der Waals surface area contributed by atoms with Gasteiger partial charge in [0.05, 0.1) is 11.5 Å². The number of hydrogen-bond acceptors (Lipinski definition) is 3. The van der Waals surface area contributed by atoms with Gasteiger partial charge in [0.25, 0.3) is 0 Å². The highest BCUT2D eigenvalue weighted by molar-refractivity contribution is 8.00. The molecule has 3 atom stereocenters. The Morgan fingerprint density at radius 3 is 2.65 bits per heavy atom. The van der Waals surface area contributed by atoms with Crippen LogP contribution in [0.15, 0.2) is 0 Å². The maximum absolute atomic E-state index is 11.6. The van der Waals surface area contributed by atoms with E-state index in [0.29, 0.717) is 11.8 Å². The van der Waals surface area contributed by atoms with E-state index in [9.17, 15) is 9.59 Å². The predicted molar refractivity (Wildman–Crippen MR) is 69.1 cm³/mol. The highest BCUT2D eigenvalue weighted by Gasteiger charge is 2.27. The Hall–Kier alpha value is -0.710. The number of hydrogen-bond donors (Lipinski definition) is 2. The SMILES string of the molecule is C[C@@H]1[C@@H](C)CCC[C@H]1NC(=O)CSCC(=O)O. The van der Waals surface area contributed by atoms with Crippen LogP contribution in [-0.4, -0.2) is 34.5 Å². The topological polar surface area (TPSA) is 66.4 Å². The van der Waals surface area contributed by atoms with Gasteiger partial charge in [-0.15, -0.1) is 11.8 Å². The lowest BCUT2D eigenvalue weighted by Crippen LogP contribution is -2.44. The molecule has 2 N–H and O–H groups in total. The van der Waals surface area contributed by atoms with Crippen LogP contribution in [0.5, 0.6) is 0 Å². The van der Waals surface area contributed by atoms with Gasteiger partial charge in [-0.3, -0.25) is 9.59 Å². The summed E-state index contributed by atoms with van der Waals surface area (Å²) < 4.78 is 0. The van der Waals surface area contributed by atoms with E-state index in [1.54, 1.807) is 0 Å². The zero-order valence-electron chi connectivity index (χ0n) is 10.4. The summed E-state index contributed by atoms with van der Waals surface area (Å²) in [6, 6.07) is 0.261. The molecule has 17 heavy (non-hydrogen) atoms. The molecular formula is C12H21NO3S. The van der Waals surface area contributed by atoms with Crippen molar-refractivity contribution < 1.29 is 14.7 Å². The molecule has 0 aromatic heterocycles. The average Bonchev–Trinajstić information content (AvgIpc) is 2.24. The number of rotatable bonds is 5. The Balaban J connectivity index is 2.27. The van der Waals surface area contributed by atoms with Crippen molar-refractivity contribution in [2.75, 3.05) is 11.5 Å². The van der Waals surface area contributed by atoms with E-state index in [4.69, 9.17) is 5.11 Å². The first-order chi connectivity index (χ1) is 8.00. The summed E-state index contributed by atoms with van der Waals surface area (Å²) in [5, 5.41) is 11.5. The molecule has 0 unspecified atom stereocenters. The Labute approximate surface area is 107 Å². The van der Waals surface area contributed by atoms with Crippen molar-refractivity contribution >= 4 is 23.6 Å². The van der Waals surface area contributed by atoms with Crippen LogP contribution in [0, 0.1) is 11.8 Å². The number of carboxylic acids is 1. The first-order valence-electron chi connectivity index (χ1n) is 6.09. The van der Waals surface area contributed by atoms with E-state index in [1.807, 2.05) is 0 Å². The Bertz CT molecular complexity index is 283. The van der Waals surface area contributed by atoms with Gasteiger partial charge in [-0.25, -0.2) is 0 Å². The second-order valence-corrected chi connectivity index (χ2v) is 5.81. The molecule has 98 valence electrons. The van der Waals surface area contributed by atoms with Crippen molar-refractivity contribution in [3.05, 3.63) is 0 Å². The number of nitrogens with one attached hydrogen (secondary N) is 1. The van der Waals surface area contributed by atoms with Crippen molar-refractivity contribution in [2.24, 2.45) is 11.8 Å². The molecule has 1 rings (SSSR count). The number of carbonyl (C=O) groups is 2. The van der Waals surface area contributed by atoms with E-state index >= 15 is 0 Å². The molecule has 0 aliphatic heterocycles. The summed E-state index contributed by atoms with van der Waals surface area (Å²) in [4.78, 5) is 21.9. The third kappa shape index (κ3) is 4.98. The van der Waals surface area contributed by atoms with Crippen LogP contribution >= 0.6 is 11.8 Å². The molecule has 0 aromatic carbocycles. The average molecular weight is 259 g/mol. The van der Waals surface area contributed by atoms with Gasteiger partial charge in [0.1, 0.15) is 0 Å². The molecule has 4 nitrogen and oxygen atoms in total. The largest absolute Gasteiger partial charge is 0.481 e. The number of amides is 1. The van der Waals surface area contributed by atoms with E-state index in [-0.39, 0.29) is 23.5 Å². The fraction of sp³-hybridized carbons (Fsp3) is 0.833. The van der Waals surface area contributed by atoms with Crippen molar-refractivity contribution in [3.63, 3.8) is 0 Å². The minimum atomic E-state index is -0.873. The third-order valence-electron chi connectivity index (χ3n) is 3.51. The van der Waals surface area contributed by atoms with Crippen LogP contribution in [-0.2, 0) is 9.59 Å². The van der Waals surface area contributed by atoms with Crippen molar-refractivity contribution in [2.45, 2.75) is 39.2 Å². The molecule has 1 amide bonds. The fourth-order valence-electron chi connectivity index (χ4n) is 2.27. The maximum atomic E-state index is 11.6. The summed E-state index contributed by atoms with van der Waals surface area (Å²) >= 11 is 1.15. The third-order valence-corrected chi connectivity index (χ3v) is 4.43. The van der Waals surface area contributed by atoms with Gasteiger partial charge < -0.3 is 10.4 Å². The second kappa shape index (κ2) is 6.89. The lowest BCUT2D eigenvalue weighted by molar-refractivity contribution is -0.133. The molecule has 1 aliphatic carbocycles. The number of aliphatic carboxylic acids is 1. The molecule has 0 heterocycles. The van der Waals surface area contributed by atoms with Gasteiger partial charge in [0, 0.05) is 6.04 Å². The van der Waals surface area contributed by atoms with Crippen LogP contribution < -0.4 is 5.32 Å². The van der Waals surface area contributed by atoms with Gasteiger partial charge in [-0.05, 0) is 18.3 Å². The summed E-state index contributed by atoms with van der Waals surface area (Å²) in [6.07, 6.45) is 3.45. The molecule has 0 saturated heterocycles. The van der Waals surface area contributed by atoms with Crippen molar-refractivity contribution in [1.82, 2.24) is 5.32 Å². The number of carbonyl (C=O) groups excluding carboxylic acids is 1. The Morgan fingerprint density at radius 2 is 2.00 bits per heavy atom. The molecule has 0 spiro atoms. The quantitative estimate of drug-likeness (QED) is 0.789. The van der Waals surface area contributed by atoms with Gasteiger partial charge >= 0.3 is 5.97 Å². The van der Waals surface area contributed by atoms with Gasteiger partial charge in [-0.2, -0.15) is 0 Å². The molecule has 0 radical (unpaired) electrons. The van der Waals surface area contributed by atoms with E-state index < -0.39 is 5.97 Å². The summed E-state index contributed by atoms with van der Waals surface area (Å²) in [5.74, 6) is 0.482. The minimum absolute atomic E-state index is 0.00988. The lowest BCUT2D eigenvalue weighted by Gasteiger charge is -2.34. The standard InChI is InChI=1S/C12H21NO3S/c1-8-4-3-5-10(9(8)2)13-11(14)6-17-7-12(15)16/h8-10H,3-7H2,1-2H3,(H,13,14)(H,15,16)/t8-,9+,10+/m0/s1. The molecule has 1 fully saturated rings.